The number of carbonyl (C=O) groups excluding carboxylic acids is 1. The highest BCUT2D eigenvalue weighted by atomic mass is 32.2. The summed E-state index contributed by atoms with van der Waals surface area (Å²) in [4.78, 5) is 27.7. The topological polar surface area (TPSA) is 69.6 Å². The molecule has 2 aliphatic rings. The van der Waals surface area contributed by atoms with E-state index < -0.39 is 12.0 Å². The molecule has 1 aliphatic carbocycles. The number of amides is 1. The molecule has 34 heavy (non-hydrogen) atoms. The minimum atomic E-state index is -0.995. The Hall–Kier alpha value is -2.31. The van der Waals surface area contributed by atoms with E-state index in [0.29, 0.717) is 23.8 Å². The standard InChI is InChI=1S/C28H38N2O3S/c1-4-9-22-12-8-16-30(22)19-21-11-7-14-24(25(18-21)23-13-6-5-10-20(23)2)27(31)29-26(28(32)33)15-17-34-3/h5-7,10,13-14,18,22,26H,4,8-9,11-12,15-17,19H2,1-3H3,(H,29,31)(H,32,33). The number of nitrogens with zero attached hydrogens (tertiary/aromatic N) is 1. The third kappa shape index (κ3) is 6.86. The van der Waals surface area contributed by atoms with Crippen molar-refractivity contribution in [1.82, 2.24) is 10.2 Å². The average Bonchev–Trinajstić information content (AvgIpc) is 3.13. The van der Waals surface area contributed by atoms with E-state index in [-0.39, 0.29) is 5.91 Å². The van der Waals surface area contributed by atoms with E-state index >= 15 is 0 Å². The second-order valence-corrected chi connectivity index (χ2v) is 10.2. The normalized spacial score (nSPS) is 19.6. The van der Waals surface area contributed by atoms with Gasteiger partial charge in [0.1, 0.15) is 6.04 Å². The highest BCUT2D eigenvalue weighted by Gasteiger charge is 2.26. The Kier molecular flexibility index (Phi) is 10.0. The molecule has 1 amide bonds. The minimum Gasteiger partial charge on any atom is -0.480 e. The lowest BCUT2D eigenvalue weighted by atomic mass is 9.94. The number of carbonyl (C=O) groups is 2. The molecular weight excluding hydrogens is 444 g/mol. The van der Waals surface area contributed by atoms with Crippen LogP contribution in [0.3, 0.4) is 0 Å². The summed E-state index contributed by atoms with van der Waals surface area (Å²) < 4.78 is 0. The van der Waals surface area contributed by atoms with Crippen LogP contribution in [0.15, 0.2) is 53.6 Å². The van der Waals surface area contributed by atoms with Crippen LogP contribution in [0.5, 0.6) is 0 Å². The first kappa shape index (κ1) is 26.3. The van der Waals surface area contributed by atoms with Gasteiger partial charge in [-0.15, -0.1) is 0 Å². The van der Waals surface area contributed by atoms with Crippen molar-refractivity contribution in [3.63, 3.8) is 0 Å². The van der Waals surface area contributed by atoms with Crippen LogP contribution in [0.2, 0.25) is 0 Å². The van der Waals surface area contributed by atoms with Crippen LogP contribution < -0.4 is 5.32 Å². The van der Waals surface area contributed by atoms with E-state index in [9.17, 15) is 14.7 Å². The Morgan fingerprint density at radius 2 is 2.09 bits per heavy atom. The van der Waals surface area contributed by atoms with Crippen molar-refractivity contribution in [1.29, 1.82) is 0 Å². The molecule has 184 valence electrons. The van der Waals surface area contributed by atoms with Gasteiger partial charge in [-0.25, -0.2) is 4.79 Å². The Balaban J connectivity index is 1.96. The van der Waals surface area contributed by atoms with Gasteiger partial charge in [-0.05, 0) is 74.3 Å². The van der Waals surface area contributed by atoms with Crippen LogP contribution in [0, 0.1) is 6.92 Å². The third-order valence-corrected chi connectivity index (χ3v) is 7.37. The van der Waals surface area contributed by atoms with Gasteiger partial charge in [0.05, 0.1) is 0 Å². The molecule has 2 atom stereocenters. The minimum absolute atomic E-state index is 0.328. The average molecular weight is 483 g/mol. The van der Waals surface area contributed by atoms with Crippen LogP contribution >= 0.6 is 11.8 Å². The smallest absolute Gasteiger partial charge is 0.326 e. The third-order valence-electron chi connectivity index (χ3n) is 6.72. The molecule has 1 aliphatic heterocycles. The Morgan fingerprint density at radius 1 is 1.29 bits per heavy atom. The summed E-state index contributed by atoms with van der Waals surface area (Å²) in [5.74, 6) is -0.647. The van der Waals surface area contributed by atoms with E-state index in [1.165, 1.54) is 31.3 Å². The van der Waals surface area contributed by atoms with Gasteiger partial charge in [-0.2, -0.15) is 11.8 Å². The summed E-state index contributed by atoms with van der Waals surface area (Å²) in [5, 5.41) is 12.4. The summed E-state index contributed by atoms with van der Waals surface area (Å²) in [5.41, 5.74) is 4.80. The highest BCUT2D eigenvalue weighted by molar-refractivity contribution is 7.98. The van der Waals surface area contributed by atoms with Gasteiger partial charge in [0, 0.05) is 18.2 Å². The fourth-order valence-corrected chi connectivity index (χ4v) is 5.39. The van der Waals surface area contributed by atoms with Crippen molar-refractivity contribution < 1.29 is 14.7 Å². The summed E-state index contributed by atoms with van der Waals surface area (Å²) in [6.45, 7) is 6.33. The molecule has 0 saturated carbocycles. The number of aliphatic carboxylic acids is 1. The molecule has 1 aromatic rings. The van der Waals surface area contributed by atoms with Gasteiger partial charge in [-0.3, -0.25) is 9.69 Å². The van der Waals surface area contributed by atoms with Gasteiger partial charge in [-0.1, -0.05) is 61.4 Å². The lowest BCUT2D eigenvalue weighted by Gasteiger charge is -2.25. The molecular formula is C28H38N2O3S. The molecule has 0 bridgehead atoms. The van der Waals surface area contributed by atoms with Crippen LogP contribution in [0.25, 0.3) is 5.57 Å². The predicted molar refractivity (Wildman–Crippen MR) is 142 cm³/mol. The quantitative estimate of drug-likeness (QED) is 0.452. The maximum absolute atomic E-state index is 13.4. The van der Waals surface area contributed by atoms with Gasteiger partial charge in [0.15, 0.2) is 0 Å². The number of hydrogen-bond donors (Lipinski definition) is 2. The van der Waals surface area contributed by atoms with Gasteiger partial charge < -0.3 is 10.4 Å². The molecule has 1 fully saturated rings. The molecule has 1 saturated heterocycles. The van der Waals surface area contributed by atoms with Gasteiger partial charge in [0.25, 0.3) is 5.91 Å². The van der Waals surface area contributed by atoms with Crippen molar-refractivity contribution >= 4 is 29.2 Å². The second-order valence-electron chi connectivity index (χ2n) is 9.25. The summed E-state index contributed by atoms with van der Waals surface area (Å²) in [6, 6.07) is 7.83. The number of carboxylic acid groups (broad SMARTS) is 1. The number of hydrogen-bond acceptors (Lipinski definition) is 4. The maximum atomic E-state index is 13.4. The zero-order valence-corrected chi connectivity index (χ0v) is 21.5. The number of likely N-dealkylation sites (tertiary alicyclic amines) is 1. The van der Waals surface area contributed by atoms with Crippen LogP contribution in [-0.4, -0.2) is 59.1 Å². The molecule has 1 heterocycles. The summed E-state index contributed by atoms with van der Waals surface area (Å²) in [6.07, 6.45) is 14.2. The van der Waals surface area contributed by atoms with Crippen LogP contribution in [-0.2, 0) is 9.59 Å². The molecule has 0 radical (unpaired) electrons. The molecule has 0 aromatic heterocycles. The first-order valence-electron chi connectivity index (χ1n) is 12.4. The van der Waals surface area contributed by atoms with Crippen LogP contribution in [0.1, 0.15) is 56.6 Å². The lowest BCUT2D eigenvalue weighted by molar-refractivity contribution is -0.141. The first-order chi connectivity index (χ1) is 16.4. The van der Waals surface area contributed by atoms with Crippen molar-refractivity contribution in [2.24, 2.45) is 0 Å². The van der Waals surface area contributed by atoms with Crippen molar-refractivity contribution in [3.05, 3.63) is 64.8 Å². The van der Waals surface area contributed by atoms with E-state index in [4.69, 9.17) is 0 Å². The van der Waals surface area contributed by atoms with Gasteiger partial charge >= 0.3 is 5.97 Å². The van der Waals surface area contributed by atoms with E-state index in [1.807, 2.05) is 30.5 Å². The van der Waals surface area contributed by atoms with Crippen LogP contribution in [0.4, 0.5) is 0 Å². The number of rotatable bonds is 11. The van der Waals surface area contributed by atoms with E-state index in [1.54, 1.807) is 11.8 Å². The summed E-state index contributed by atoms with van der Waals surface area (Å²) in [7, 11) is 0. The van der Waals surface area contributed by atoms with Crippen molar-refractivity contribution in [3.8, 4) is 0 Å². The first-order valence-corrected chi connectivity index (χ1v) is 13.8. The maximum Gasteiger partial charge on any atom is 0.326 e. The number of allylic oxidation sites excluding steroid dienone is 3. The fraction of sp³-hybridized carbons (Fsp3) is 0.500. The molecule has 3 rings (SSSR count). The molecule has 1 aromatic carbocycles. The fourth-order valence-electron chi connectivity index (χ4n) is 4.92. The number of aryl methyl sites for hydroxylation is 1. The number of nitrogens with one attached hydrogen (secondary N) is 1. The molecule has 2 unspecified atom stereocenters. The molecule has 0 spiro atoms. The second kappa shape index (κ2) is 13.0. The monoisotopic (exact) mass is 482 g/mol. The lowest BCUT2D eigenvalue weighted by Crippen LogP contribution is -2.41. The molecule has 5 nitrogen and oxygen atoms in total. The molecule has 6 heteroatoms. The van der Waals surface area contributed by atoms with Gasteiger partial charge in [0.2, 0.25) is 0 Å². The number of benzene rings is 1. The SMILES string of the molecule is CCCC1CCCN1CC1=CC(c2ccccc2C)=C(C(=O)NC(CCSC)C(=O)O)C=CC1. The zero-order valence-electron chi connectivity index (χ0n) is 20.7. The van der Waals surface area contributed by atoms with E-state index in [2.05, 4.69) is 42.3 Å². The predicted octanol–water partition coefficient (Wildman–Crippen LogP) is 5.22. The van der Waals surface area contributed by atoms with Crippen molar-refractivity contribution in [2.45, 2.75) is 64.5 Å². The Labute approximate surface area is 208 Å². The zero-order chi connectivity index (χ0) is 24.5. The van der Waals surface area contributed by atoms with Crippen molar-refractivity contribution in [2.75, 3.05) is 25.1 Å². The highest BCUT2D eigenvalue weighted by Crippen LogP contribution is 2.31. The van der Waals surface area contributed by atoms with E-state index in [0.717, 1.165) is 36.2 Å². The Bertz CT molecular complexity index is 966. The molecule has 2 N–H and O–H groups in total. The number of carboxylic acids is 1. The Morgan fingerprint density at radius 3 is 2.79 bits per heavy atom. The number of thioether (sulfide) groups is 1. The summed E-state index contributed by atoms with van der Waals surface area (Å²) >= 11 is 1.58. The largest absolute Gasteiger partial charge is 0.480 e.